The molecule has 29 heavy (non-hydrogen) atoms. The zero-order valence-corrected chi connectivity index (χ0v) is 15.8. The molecule has 1 saturated heterocycles. The molecular weight excluding hydrogens is 399 g/mol. The standard InChI is InChI=1S/C19H21F5N2O3/c1-17(20,21)7-6-16(27)26-10-8-18(9-11-26)12-15(25-29-18)13-2-4-14(5-3-13)28-19(22,23)24/h2-5H,6-12H2,1H3. The average Bonchev–Trinajstić information content (AvgIpc) is 3.03. The quantitative estimate of drug-likeness (QED) is 0.659. The molecule has 10 heteroatoms. The van der Waals surface area contributed by atoms with Crippen LogP contribution in [0.25, 0.3) is 0 Å². The van der Waals surface area contributed by atoms with Gasteiger partial charge in [-0.3, -0.25) is 4.79 Å². The van der Waals surface area contributed by atoms with Gasteiger partial charge in [-0.05, 0) is 36.8 Å². The first-order chi connectivity index (χ1) is 13.4. The Balaban J connectivity index is 1.52. The summed E-state index contributed by atoms with van der Waals surface area (Å²) in [4.78, 5) is 19.3. The van der Waals surface area contributed by atoms with E-state index in [1.54, 1.807) is 4.90 Å². The first-order valence-corrected chi connectivity index (χ1v) is 9.22. The van der Waals surface area contributed by atoms with Gasteiger partial charge in [0, 0.05) is 45.2 Å². The van der Waals surface area contributed by atoms with Crippen LogP contribution in [0.2, 0.25) is 0 Å². The van der Waals surface area contributed by atoms with Crippen molar-refractivity contribution in [3.63, 3.8) is 0 Å². The topological polar surface area (TPSA) is 51.1 Å². The summed E-state index contributed by atoms with van der Waals surface area (Å²) in [5.41, 5.74) is 0.649. The number of benzene rings is 1. The molecule has 0 aromatic heterocycles. The zero-order valence-electron chi connectivity index (χ0n) is 15.8. The Bertz CT molecular complexity index is 764. The molecule has 5 nitrogen and oxygen atoms in total. The van der Waals surface area contributed by atoms with E-state index >= 15 is 0 Å². The number of ether oxygens (including phenoxy) is 1. The summed E-state index contributed by atoms with van der Waals surface area (Å²) in [6, 6.07) is 5.37. The van der Waals surface area contributed by atoms with Gasteiger partial charge in [-0.1, -0.05) is 5.16 Å². The third-order valence-corrected chi connectivity index (χ3v) is 5.07. The summed E-state index contributed by atoms with van der Waals surface area (Å²) < 4.78 is 66.4. The summed E-state index contributed by atoms with van der Waals surface area (Å²) in [6.45, 7) is 1.56. The lowest BCUT2D eigenvalue weighted by Gasteiger charge is -2.37. The largest absolute Gasteiger partial charge is 0.573 e. The van der Waals surface area contributed by atoms with Gasteiger partial charge in [-0.2, -0.15) is 0 Å². The van der Waals surface area contributed by atoms with E-state index in [4.69, 9.17) is 4.84 Å². The van der Waals surface area contributed by atoms with Crippen LogP contribution in [0.15, 0.2) is 29.4 Å². The zero-order chi connectivity index (χ0) is 21.3. The molecule has 0 bridgehead atoms. The summed E-state index contributed by atoms with van der Waals surface area (Å²) in [5.74, 6) is -3.49. The van der Waals surface area contributed by atoms with Crippen LogP contribution in [0.5, 0.6) is 5.75 Å². The van der Waals surface area contributed by atoms with Gasteiger partial charge >= 0.3 is 6.36 Å². The number of carbonyl (C=O) groups is 1. The van der Waals surface area contributed by atoms with Crippen LogP contribution in [-0.4, -0.2) is 47.5 Å². The summed E-state index contributed by atoms with van der Waals surface area (Å²) >= 11 is 0. The predicted molar refractivity (Wildman–Crippen MR) is 93.8 cm³/mol. The molecule has 0 N–H and O–H groups in total. The number of carbonyl (C=O) groups excluding carboxylic acids is 1. The Morgan fingerprint density at radius 1 is 1.17 bits per heavy atom. The molecule has 1 aromatic carbocycles. The third-order valence-electron chi connectivity index (χ3n) is 5.07. The first-order valence-electron chi connectivity index (χ1n) is 9.22. The molecule has 1 fully saturated rings. The fourth-order valence-electron chi connectivity index (χ4n) is 3.44. The van der Waals surface area contributed by atoms with Gasteiger partial charge in [0.2, 0.25) is 11.8 Å². The molecule has 160 valence electrons. The predicted octanol–water partition coefficient (Wildman–Crippen LogP) is 4.51. The molecule has 1 aromatic rings. The number of nitrogens with zero attached hydrogens (tertiary/aromatic N) is 2. The smallest absolute Gasteiger partial charge is 0.406 e. The second-order valence-electron chi connectivity index (χ2n) is 7.51. The van der Waals surface area contributed by atoms with Gasteiger partial charge < -0.3 is 14.5 Å². The fourth-order valence-corrected chi connectivity index (χ4v) is 3.44. The molecule has 0 atom stereocenters. The number of piperidine rings is 1. The van der Waals surface area contributed by atoms with Gasteiger partial charge in [0.25, 0.3) is 0 Å². The van der Waals surface area contributed by atoms with Crippen LogP contribution in [0.4, 0.5) is 22.0 Å². The lowest BCUT2D eigenvalue weighted by Crippen LogP contribution is -2.47. The molecule has 0 unspecified atom stereocenters. The van der Waals surface area contributed by atoms with Crippen molar-refractivity contribution in [3.05, 3.63) is 29.8 Å². The monoisotopic (exact) mass is 420 g/mol. The number of halogens is 5. The van der Waals surface area contributed by atoms with Gasteiger partial charge in [0.05, 0.1) is 5.71 Å². The van der Waals surface area contributed by atoms with Gasteiger partial charge in [0.1, 0.15) is 11.4 Å². The van der Waals surface area contributed by atoms with Crippen LogP contribution in [0, 0.1) is 0 Å². The van der Waals surface area contributed by atoms with Crippen molar-refractivity contribution >= 4 is 11.6 Å². The van der Waals surface area contributed by atoms with E-state index in [-0.39, 0.29) is 18.1 Å². The van der Waals surface area contributed by atoms with Crippen LogP contribution >= 0.6 is 0 Å². The van der Waals surface area contributed by atoms with E-state index in [0.717, 1.165) is 6.92 Å². The highest BCUT2D eigenvalue weighted by atomic mass is 19.4. The number of hydrogen-bond acceptors (Lipinski definition) is 4. The lowest BCUT2D eigenvalue weighted by atomic mass is 9.85. The second kappa shape index (κ2) is 7.79. The van der Waals surface area contributed by atoms with E-state index in [2.05, 4.69) is 9.89 Å². The van der Waals surface area contributed by atoms with Crippen molar-refractivity contribution in [1.82, 2.24) is 4.90 Å². The maximum atomic E-state index is 12.9. The van der Waals surface area contributed by atoms with E-state index < -0.39 is 24.3 Å². The van der Waals surface area contributed by atoms with Gasteiger partial charge in [-0.25, -0.2) is 8.78 Å². The molecule has 2 aliphatic rings. The Kier molecular flexibility index (Phi) is 5.73. The minimum absolute atomic E-state index is 0.203. The van der Waals surface area contributed by atoms with Crippen molar-refractivity contribution in [2.75, 3.05) is 13.1 Å². The summed E-state index contributed by atoms with van der Waals surface area (Å²) in [6.07, 6.45) is -3.97. The Hall–Kier alpha value is -2.39. The number of hydrogen-bond donors (Lipinski definition) is 0. The summed E-state index contributed by atoms with van der Waals surface area (Å²) in [5, 5.41) is 4.08. The number of alkyl halides is 5. The van der Waals surface area contributed by atoms with E-state index in [0.29, 0.717) is 43.6 Å². The molecule has 0 saturated carbocycles. The minimum atomic E-state index is -4.75. The van der Waals surface area contributed by atoms with E-state index in [9.17, 15) is 26.7 Å². The molecule has 0 aliphatic carbocycles. The third kappa shape index (κ3) is 5.80. The van der Waals surface area contributed by atoms with Gasteiger partial charge in [0.15, 0.2) is 0 Å². The fraction of sp³-hybridized carbons (Fsp3) is 0.579. The van der Waals surface area contributed by atoms with E-state index in [1.165, 1.54) is 24.3 Å². The maximum absolute atomic E-state index is 12.9. The Morgan fingerprint density at radius 2 is 1.79 bits per heavy atom. The average molecular weight is 420 g/mol. The van der Waals surface area contributed by atoms with E-state index in [1.807, 2.05) is 0 Å². The lowest BCUT2D eigenvalue weighted by molar-refractivity contribution is -0.274. The maximum Gasteiger partial charge on any atom is 0.573 e. The molecule has 2 aliphatic heterocycles. The van der Waals surface area contributed by atoms with Crippen molar-refractivity contribution in [2.24, 2.45) is 5.16 Å². The molecule has 3 rings (SSSR count). The SMILES string of the molecule is CC(F)(F)CCC(=O)N1CCC2(CC1)CC(c1ccc(OC(F)(F)F)cc1)=NO2. The summed E-state index contributed by atoms with van der Waals surface area (Å²) in [7, 11) is 0. The van der Waals surface area contributed by atoms with Crippen molar-refractivity contribution in [3.8, 4) is 5.75 Å². The molecule has 0 radical (unpaired) electrons. The Labute approximate surface area is 164 Å². The Morgan fingerprint density at radius 3 is 2.34 bits per heavy atom. The molecule has 1 spiro atoms. The second-order valence-corrected chi connectivity index (χ2v) is 7.51. The molecule has 1 amide bonds. The first kappa shape index (κ1) is 21.3. The number of oxime groups is 1. The highest BCUT2D eigenvalue weighted by Gasteiger charge is 2.43. The number of rotatable bonds is 5. The van der Waals surface area contributed by atoms with Crippen molar-refractivity contribution in [2.45, 2.75) is 56.9 Å². The highest BCUT2D eigenvalue weighted by molar-refractivity contribution is 6.01. The highest BCUT2D eigenvalue weighted by Crippen LogP contribution is 2.37. The van der Waals surface area contributed by atoms with Crippen LogP contribution < -0.4 is 4.74 Å². The van der Waals surface area contributed by atoms with Crippen molar-refractivity contribution in [1.29, 1.82) is 0 Å². The normalized spacial score (nSPS) is 19.1. The van der Waals surface area contributed by atoms with Crippen molar-refractivity contribution < 1.29 is 36.3 Å². The van der Waals surface area contributed by atoms with Crippen LogP contribution in [0.1, 0.15) is 44.6 Å². The minimum Gasteiger partial charge on any atom is -0.406 e. The number of amides is 1. The molecule has 2 heterocycles. The molecular formula is C19H21F5N2O3. The van der Waals surface area contributed by atoms with Crippen LogP contribution in [-0.2, 0) is 9.63 Å². The number of likely N-dealkylation sites (tertiary alicyclic amines) is 1. The van der Waals surface area contributed by atoms with Gasteiger partial charge in [-0.15, -0.1) is 13.2 Å². The van der Waals surface area contributed by atoms with Crippen LogP contribution in [0.3, 0.4) is 0 Å².